The number of hydrogen-bond donors (Lipinski definition) is 2. The van der Waals surface area contributed by atoms with Crippen LogP contribution >= 0.6 is 22.6 Å². The van der Waals surface area contributed by atoms with Gasteiger partial charge in [0.1, 0.15) is 9.90 Å². The van der Waals surface area contributed by atoms with Crippen molar-refractivity contribution in [1.29, 1.82) is 0 Å². The molecule has 0 atom stereocenters. The van der Waals surface area contributed by atoms with Gasteiger partial charge in [-0.25, -0.2) is 14.6 Å². The average Bonchev–Trinajstić information content (AvgIpc) is 2.70. The molecule has 0 radical (unpaired) electrons. The summed E-state index contributed by atoms with van der Waals surface area (Å²) in [4.78, 5) is 21.7. The molecular weight excluding hydrogens is 311 g/mol. The normalized spacial score (nSPS) is 10.5. The first-order valence-corrected chi connectivity index (χ1v) is 5.14. The first-order chi connectivity index (χ1) is 7.22. The Balaban J connectivity index is 2.54. The molecule has 0 bridgehead atoms. The summed E-state index contributed by atoms with van der Waals surface area (Å²) in [5, 5.41) is 4.06. The van der Waals surface area contributed by atoms with Gasteiger partial charge >= 0.3 is 0 Å². The molecule has 0 saturated carbocycles. The lowest BCUT2D eigenvalue weighted by Crippen LogP contribution is -2.15. The number of aromatic nitrogens is 5. The van der Waals surface area contributed by atoms with E-state index < -0.39 is 0 Å². The second-order valence-electron chi connectivity index (χ2n) is 2.68. The van der Waals surface area contributed by atoms with Crippen LogP contribution in [0.1, 0.15) is 5.82 Å². The fraction of sp³-hybridized carbons (Fsp3) is 0.143. The summed E-state index contributed by atoms with van der Waals surface area (Å²) < 4.78 is 1.89. The van der Waals surface area contributed by atoms with Crippen LogP contribution in [-0.2, 0) is 6.54 Å². The number of nitrogens with one attached hydrogen (secondary N) is 1. The third-order valence-corrected chi connectivity index (χ3v) is 2.69. The molecule has 3 N–H and O–H groups in total. The predicted molar refractivity (Wildman–Crippen MR) is 60.4 cm³/mol. The molecule has 15 heavy (non-hydrogen) atoms. The van der Waals surface area contributed by atoms with Crippen molar-refractivity contribution in [2.45, 2.75) is 6.54 Å². The molecule has 2 aromatic rings. The number of nitrogens with zero attached hydrogens (tertiary/aromatic N) is 4. The Kier molecular flexibility index (Phi) is 2.77. The number of aromatic amines is 1. The summed E-state index contributed by atoms with van der Waals surface area (Å²) in [6, 6.07) is 0. The summed E-state index contributed by atoms with van der Waals surface area (Å²) >= 11 is 1.90. The van der Waals surface area contributed by atoms with Gasteiger partial charge < -0.3 is 10.7 Å². The summed E-state index contributed by atoms with van der Waals surface area (Å²) in [7, 11) is 0. The SMILES string of the molecule is NCc1ncn(-c2nc[nH]c(=O)c2I)n1. The maximum absolute atomic E-state index is 11.3. The molecule has 0 saturated heterocycles. The monoisotopic (exact) mass is 318 g/mol. The highest BCUT2D eigenvalue weighted by Crippen LogP contribution is 2.07. The first-order valence-electron chi connectivity index (χ1n) is 4.06. The Hall–Kier alpha value is -1.29. The smallest absolute Gasteiger partial charge is 0.266 e. The van der Waals surface area contributed by atoms with Gasteiger partial charge in [-0.1, -0.05) is 0 Å². The van der Waals surface area contributed by atoms with Crippen molar-refractivity contribution >= 4 is 22.6 Å². The quantitative estimate of drug-likeness (QED) is 0.721. The maximum atomic E-state index is 11.3. The predicted octanol–water partition coefficient (Wildman–Crippen LogP) is -0.586. The second kappa shape index (κ2) is 4.06. The molecule has 0 amide bonds. The van der Waals surface area contributed by atoms with E-state index in [1.54, 1.807) is 0 Å². The van der Waals surface area contributed by atoms with Crippen LogP contribution in [0.25, 0.3) is 5.82 Å². The van der Waals surface area contributed by atoms with Gasteiger partial charge in [0.05, 0.1) is 12.9 Å². The molecule has 0 fully saturated rings. The molecule has 78 valence electrons. The van der Waals surface area contributed by atoms with Gasteiger partial charge in [-0.2, -0.15) is 0 Å². The number of rotatable bonds is 2. The van der Waals surface area contributed by atoms with E-state index in [-0.39, 0.29) is 12.1 Å². The Labute approximate surface area is 97.9 Å². The van der Waals surface area contributed by atoms with Gasteiger partial charge in [-0.3, -0.25) is 4.79 Å². The molecule has 0 aliphatic carbocycles. The van der Waals surface area contributed by atoms with E-state index in [2.05, 4.69) is 20.1 Å². The van der Waals surface area contributed by atoms with Crippen molar-refractivity contribution in [2.75, 3.05) is 0 Å². The van der Waals surface area contributed by atoms with Crippen LogP contribution in [-0.4, -0.2) is 24.7 Å². The average molecular weight is 318 g/mol. The minimum Gasteiger partial charge on any atom is -0.324 e. The fourth-order valence-corrected chi connectivity index (χ4v) is 1.57. The van der Waals surface area contributed by atoms with Crippen molar-refractivity contribution in [3.05, 3.63) is 32.4 Å². The number of halogens is 1. The van der Waals surface area contributed by atoms with Gasteiger partial charge in [0.25, 0.3) is 5.56 Å². The van der Waals surface area contributed by atoms with Gasteiger partial charge in [0.15, 0.2) is 11.6 Å². The van der Waals surface area contributed by atoms with E-state index in [9.17, 15) is 4.79 Å². The van der Waals surface area contributed by atoms with Crippen LogP contribution < -0.4 is 11.3 Å². The molecule has 0 aliphatic rings. The highest BCUT2D eigenvalue weighted by Gasteiger charge is 2.09. The van der Waals surface area contributed by atoms with Crippen molar-refractivity contribution in [3.63, 3.8) is 0 Å². The lowest BCUT2D eigenvalue weighted by atomic mass is 10.6. The molecule has 0 aliphatic heterocycles. The molecule has 0 spiro atoms. The van der Waals surface area contributed by atoms with Crippen LogP contribution in [0.4, 0.5) is 0 Å². The molecule has 2 aromatic heterocycles. The summed E-state index contributed by atoms with van der Waals surface area (Å²) in [5.41, 5.74) is 5.18. The largest absolute Gasteiger partial charge is 0.324 e. The van der Waals surface area contributed by atoms with Crippen LogP contribution in [0.2, 0.25) is 0 Å². The van der Waals surface area contributed by atoms with Gasteiger partial charge in [0.2, 0.25) is 0 Å². The molecular formula is C7H7IN6O. The maximum Gasteiger partial charge on any atom is 0.266 e. The van der Waals surface area contributed by atoms with Gasteiger partial charge in [-0.15, -0.1) is 5.10 Å². The Morgan fingerprint density at radius 2 is 2.33 bits per heavy atom. The third kappa shape index (κ3) is 1.90. The Morgan fingerprint density at radius 1 is 1.53 bits per heavy atom. The number of nitrogens with two attached hydrogens (primary N) is 1. The minimum absolute atomic E-state index is 0.203. The number of H-pyrrole nitrogens is 1. The third-order valence-electron chi connectivity index (χ3n) is 1.72. The molecule has 2 heterocycles. The second-order valence-corrected chi connectivity index (χ2v) is 3.76. The standard InChI is InChI=1S/C7H7IN6O/c8-5-6(10-2-11-7(5)15)14-3-12-4(1-9)13-14/h2-3H,1,9H2,(H,10,11,15). The fourth-order valence-electron chi connectivity index (χ4n) is 1.03. The van der Waals surface area contributed by atoms with E-state index >= 15 is 0 Å². The van der Waals surface area contributed by atoms with Gasteiger partial charge in [-0.05, 0) is 22.6 Å². The van der Waals surface area contributed by atoms with E-state index in [0.29, 0.717) is 15.2 Å². The van der Waals surface area contributed by atoms with Crippen LogP contribution in [0.3, 0.4) is 0 Å². The molecule has 0 aromatic carbocycles. The van der Waals surface area contributed by atoms with Crippen molar-refractivity contribution in [2.24, 2.45) is 5.73 Å². The zero-order valence-corrected chi connectivity index (χ0v) is 9.67. The zero-order chi connectivity index (χ0) is 10.8. The highest BCUT2D eigenvalue weighted by atomic mass is 127. The van der Waals surface area contributed by atoms with E-state index in [1.165, 1.54) is 17.3 Å². The van der Waals surface area contributed by atoms with Crippen LogP contribution in [0.5, 0.6) is 0 Å². The summed E-state index contributed by atoms with van der Waals surface area (Å²) in [6.45, 7) is 0.257. The Bertz CT molecular complexity index is 532. The topological polar surface area (TPSA) is 102 Å². The summed E-state index contributed by atoms with van der Waals surface area (Å²) in [6.07, 6.45) is 2.80. The van der Waals surface area contributed by atoms with Crippen molar-refractivity contribution in [3.8, 4) is 5.82 Å². The van der Waals surface area contributed by atoms with Crippen LogP contribution in [0, 0.1) is 3.57 Å². The van der Waals surface area contributed by atoms with Crippen molar-refractivity contribution < 1.29 is 0 Å². The lowest BCUT2D eigenvalue weighted by Gasteiger charge is -1.99. The minimum atomic E-state index is -0.203. The molecule has 2 rings (SSSR count). The molecule has 7 nitrogen and oxygen atoms in total. The van der Waals surface area contributed by atoms with E-state index in [4.69, 9.17) is 5.73 Å². The summed E-state index contributed by atoms with van der Waals surface area (Å²) in [5.74, 6) is 0.958. The molecule has 0 unspecified atom stereocenters. The lowest BCUT2D eigenvalue weighted by molar-refractivity contribution is 0.796. The van der Waals surface area contributed by atoms with E-state index in [0.717, 1.165) is 0 Å². The Morgan fingerprint density at radius 3 is 3.00 bits per heavy atom. The van der Waals surface area contributed by atoms with Gasteiger partial charge in [0, 0.05) is 0 Å². The molecule has 8 heteroatoms. The van der Waals surface area contributed by atoms with Crippen LogP contribution in [0.15, 0.2) is 17.4 Å². The number of hydrogen-bond acceptors (Lipinski definition) is 5. The highest BCUT2D eigenvalue weighted by molar-refractivity contribution is 14.1. The first kappa shape index (κ1) is 10.2. The van der Waals surface area contributed by atoms with Crippen molar-refractivity contribution in [1.82, 2.24) is 24.7 Å². The van der Waals surface area contributed by atoms with E-state index in [1.807, 2.05) is 22.6 Å². The zero-order valence-electron chi connectivity index (χ0n) is 7.51.